The van der Waals surface area contributed by atoms with E-state index in [1.807, 2.05) is 4.40 Å². The van der Waals surface area contributed by atoms with E-state index in [4.69, 9.17) is 0 Å². The van der Waals surface area contributed by atoms with Crippen LogP contribution in [0.25, 0.3) is 16.7 Å². The summed E-state index contributed by atoms with van der Waals surface area (Å²) in [5.74, 6) is 0.973. The lowest BCUT2D eigenvalue weighted by molar-refractivity contribution is 0.0963. The fourth-order valence-electron chi connectivity index (χ4n) is 3.59. The molecule has 2 N–H and O–H groups in total. The molecule has 0 unspecified atom stereocenters. The Hall–Kier alpha value is -2.70. The summed E-state index contributed by atoms with van der Waals surface area (Å²) >= 11 is 0. The van der Waals surface area contributed by atoms with Crippen molar-refractivity contribution in [3.05, 3.63) is 39.9 Å². The summed E-state index contributed by atoms with van der Waals surface area (Å²) in [5.41, 5.74) is 2.01. The van der Waals surface area contributed by atoms with E-state index in [0.29, 0.717) is 17.0 Å². The molecule has 0 saturated heterocycles. The van der Waals surface area contributed by atoms with Gasteiger partial charge in [-0.05, 0) is 31.0 Å². The molecule has 1 fully saturated rings. The minimum absolute atomic E-state index is 0.163. The largest absolute Gasteiger partial charge is 0.355 e. The standard InChI is InChI=1S/C17H19N5O2/c1-18-16(23)11-7-8-12-13(9-11)22-14(10-5-3-2-4-6-10)20-21-15(22)17(24)19-12/h7-10H,2-6H2,1H3,(H,18,23)(H,19,24). The highest BCUT2D eigenvalue weighted by Crippen LogP contribution is 2.32. The van der Waals surface area contributed by atoms with Crippen LogP contribution in [-0.2, 0) is 0 Å². The van der Waals surface area contributed by atoms with Gasteiger partial charge >= 0.3 is 0 Å². The van der Waals surface area contributed by atoms with Crippen molar-refractivity contribution >= 4 is 22.6 Å². The third-order valence-electron chi connectivity index (χ3n) is 4.84. The topological polar surface area (TPSA) is 92.1 Å². The Labute approximate surface area is 138 Å². The zero-order chi connectivity index (χ0) is 16.7. The van der Waals surface area contributed by atoms with Gasteiger partial charge in [0.25, 0.3) is 11.5 Å². The van der Waals surface area contributed by atoms with E-state index in [0.717, 1.165) is 24.2 Å². The quantitative estimate of drug-likeness (QED) is 0.753. The molecule has 4 rings (SSSR count). The summed E-state index contributed by atoms with van der Waals surface area (Å²) in [6.07, 6.45) is 5.71. The predicted octanol–water partition coefficient (Wildman–Crippen LogP) is 1.98. The van der Waals surface area contributed by atoms with Gasteiger partial charge in [-0.25, -0.2) is 0 Å². The van der Waals surface area contributed by atoms with Gasteiger partial charge in [0.1, 0.15) is 5.82 Å². The van der Waals surface area contributed by atoms with Crippen molar-refractivity contribution in [1.29, 1.82) is 0 Å². The number of hydrogen-bond donors (Lipinski definition) is 2. The van der Waals surface area contributed by atoms with E-state index in [1.54, 1.807) is 25.2 Å². The summed E-state index contributed by atoms with van der Waals surface area (Å²) in [5, 5.41) is 11.0. The molecular formula is C17H19N5O2. The van der Waals surface area contributed by atoms with E-state index in [1.165, 1.54) is 19.3 Å². The molecule has 24 heavy (non-hydrogen) atoms. The summed E-state index contributed by atoms with van der Waals surface area (Å²) in [6.45, 7) is 0. The van der Waals surface area contributed by atoms with Gasteiger partial charge in [-0.3, -0.25) is 14.0 Å². The number of benzene rings is 1. The Morgan fingerprint density at radius 2 is 2.04 bits per heavy atom. The number of hydrogen-bond acceptors (Lipinski definition) is 4. The minimum Gasteiger partial charge on any atom is -0.355 e. The molecule has 1 amide bonds. The van der Waals surface area contributed by atoms with Crippen LogP contribution in [0.3, 0.4) is 0 Å². The number of nitrogens with one attached hydrogen (secondary N) is 2. The molecule has 124 valence electrons. The molecule has 0 atom stereocenters. The van der Waals surface area contributed by atoms with Crippen LogP contribution in [0.5, 0.6) is 0 Å². The second kappa shape index (κ2) is 5.74. The maximum absolute atomic E-state index is 12.3. The Balaban J connectivity index is 2.00. The molecule has 2 heterocycles. The van der Waals surface area contributed by atoms with Crippen molar-refractivity contribution in [2.24, 2.45) is 0 Å². The summed E-state index contributed by atoms with van der Waals surface area (Å²) in [4.78, 5) is 27.1. The van der Waals surface area contributed by atoms with Gasteiger partial charge in [0.15, 0.2) is 0 Å². The summed E-state index contributed by atoms with van der Waals surface area (Å²) < 4.78 is 1.83. The van der Waals surface area contributed by atoms with Crippen LogP contribution in [0.15, 0.2) is 23.0 Å². The number of rotatable bonds is 2. The molecule has 0 radical (unpaired) electrons. The lowest BCUT2D eigenvalue weighted by Crippen LogP contribution is -2.19. The van der Waals surface area contributed by atoms with Crippen molar-refractivity contribution in [3.63, 3.8) is 0 Å². The maximum atomic E-state index is 12.3. The number of carbonyl (C=O) groups excluding carboxylic acids is 1. The second-order valence-electron chi connectivity index (χ2n) is 6.32. The molecule has 3 aromatic rings. The number of amides is 1. The molecule has 1 saturated carbocycles. The molecule has 7 nitrogen and oxygen atoms in total. The van der Waals surface area contributed by atoms with Crippen molar-refractivity contribution in [1.82, 2.24) is 24.9 Å². The van der Waals surface area contributed by atoms with Crippen molar-refractivity contribution in [2.45, 2.75) is 38.0 Å². The fourth-order valence-corrected chi connectivity index (χ4v) is 3.59. The van der Waals surface area contributed by atoms with Crippen LogP contribution >= 0.6 is 0 Å². The average Bonchev–Trinajstić information content (AvgIpc) is 3.08. The lowest BCUT2D eigenvalue weighted by atomic mass is 9.89. The van der Waals surface area contributed by atoms with Gasteiger partial charge in [0.2, 0.25) is 5.65 Å². The number of aromatic amines is 1. The summed E-state index contributed by atoms with van der Waals surface area (Å²) in [7, 11) is 1.60. The van der Waals surface area contributed by atoms with Gasteiger partial charge in [-0.1, -0.05) is 19.3 Å². The average molecular weight is 325 g/mol. The molecule has 1 aliphatic carbocycles. The van der Waals surface area contributed by atoms with Crippen LogP contribution in [0, 0.1) is 0 Å². The predicted molar refractivity (Wildman–Crippen MR) is 90.3 cm³/mol. The van der Waals surface area contributed by atoms with Crippen LogP contribution in [0.2, 0.25) is 0 Å². The van der Waals surface area contributed by atoms with Crippen LogP contribution in [0.4, 0.5) is 0 Å². The smallest absolute Gasteiger partial charge is 0.294 e. The third-order valence-corrected chi connectivity index (χ3v) is 4.84. The van der Waals surface area contributed by atoms with Gasteiger partial charge in [0, 0.05) is 18.5 Å². The molecule has 2 aromatic heterocycles. The van der Waals surface area contributed by atoms with E-state index in [2.05, 4.69) is 20.5 Å². The van der Waals surface area contributed by atoms with Gasteiger partial charge in [-0.2, -0.15) is 0 Å². The third kappa shape index (κ3) is 2.28. The zero-order valence-electron chi connectivity index (χ0n) is 13.5. The SMILES string of the molecule is CNC(=O)c1ccc2[nH]c(=O)c3nnc(C4CCCCC4)n3c2c1. The lowest BCUT2D eigenvalue weighted by Gasteiger charge is -2.20. The molecule has 0 aliphatic heterocycles. The highest BCUT2D eigenvalue weighted by atomic mass is 16.1. The Kier molecular flexibility index (Phi) is 3.55. The van der Waals surface area contributed by atoms with E-state index < -0.39 is 0 Å². The first-order valence-electron chi connectivity index (χ1n) is 8.32. The van der Waals surface area contributed by atoms with Crippen LogP contribution in [0.1, 0.15) is 54.2 Å². The molecule has 7 heteroatoms. The van der Waals surface area contributed by atoms with Crippen molar-refractivity contribution in [2.75, 3.05) is 7.05 Å². The summed E-state index contributed by atoms with van der Waals surface area (Å²) in [6, 6.07) is 5.24. The van der Waals surface area contributed by atoms with Gasteiger partial charge in [0.05, 0.1) is 11.0 Å². The maximum Gasteiger partial charge on any atom is 0.294 e. The van der Waals surface area contributed by atoms with Crippen LogP contribution in [-0.4, -0.2) is 32.5 Å². The van der Waals surface area contributed by atoms with Crippen molar-refractivity contribution in [3.8, 4) is 0 Å². The highest BCUT2D eigenvalue weighted by Gasteiger charge is 2.23. The first-order valence-corrected chi connectivity index (χ1v) is 8.32. The molecule has 1 aliphatic rings. The molecule has 0 spiro atoms. The van der Waals surface area contributed by atoms with Gasteiger partial charge < -0.3 is 10.3 Å². The molecule has 1 aromatic carbocycles. The monoisotopic (exact) mass is 325 g/mol. The van der Waals surface area contributed by atoms with E-state index >= 15 is 0 Å². The Bertz CT molecular complexity index is 982. The van der Waals surface area contributed by atoms with E-state index in [9.17, 15) is 9.59 Å². The normalized spacial score (nSPS) is 15.9. The Morgan fingerprint density at radius 3 is 2.79 bits per heavy atom. The van der Waals surface area contributed by atoms with Crippen molar-refractivity contribution < 1.29 is 4.79 Å². The zero-order valence-corrected chi connectivity index (χ0v) is 13.5. The number of aromatic nitrogens is 4. The number of fused-ring (bicyclic) bond motifs is 3. The molecule has 0 bridgehead atoms. The number of carbonyl (C=O) groups is 1. The number of H-pyrrole nitrogens is 1. The first-order chi connectivity index (χ1) is 11.7. The first kappa shape index (κ1) is 14.9. The minimum atomic E-state index is -0.259. The second-order valence-corrected chi connectivity index (χ2v) is 6.32. The van der Waals surface area contributed by atoms with E-state index in [-0.39, 0.29) is 17.1 Å². The fraction of sp³-hybridized carbons (Fsp3) is 0.412. The Morgan fingerprint density at radius 1 is 1.25 bits per heavy atom. The highest BCUT2D eigenvalue weighted by molar-refractivity contribution is 5.97. The van der Waals surface area contributed by atoms with Crippen LogP contribution < -0.4 is 10.9 Å². The van der Waals surface area contributed by atoms with Gasteiger partial charge in [-0.15, -0.1) is 10.2 Å². The number of nitrogens with zero attached hydrogens (tertiary/aromatic N) is 3. The molecular weight excluding hydrogens is 306 g/mol.